The van der Waals surface area contributed by atoms with Gasteiger partial charge in [0.25, 0.3) is 10.0 Å². The molecule has 0 amide bonds. The monoisotopic (exact) mass is 391 g/mol. The normalized spacial score (nSPS) is 11.5. The van der Waals surface area contributed by atoms with Crippen LogP contribution in [0.5, 0.6) is 5.75 Å². The lowest BCUT2D eigenvalue weighted by Crippen LogP contribution is -2.13. The lowest BCUT2D eigenvalue weighted by molar-refractivity contribution is 0.414. The number of methoxy groups -OCH3 is 1. The summed E-state index contributed by atoms with van der Waals surface area (Å²) in [5.74, 6) is 0.568. The Kier molecular flexibility index (Phi) is 5.72. The number of ether oxygens (including phenoxy) is 1. The molecule has 0 aliphatic heterocycles. The fourth-order valence-electron chi connectivity index (χ4n) is 2.54. The molecule has 1 N–H and O–H groups in total. The van der Waals surface area contributed by atoms with Crippen molar-refractivity contribution in [3.63, 3.8) is 0 Å². The fourth-order valence-corrected chi connectivity index (χ4v) is 3.63. The summed E-state index contributed by atoms with van der Waals surface area (Å²) in [6.45, 7) is 0. The molecule has 0 bridgehead atoms. The van der Waals surface area contributed by atoms with E-state index >= 15 is 0 Å². The molecule has 28 heavy (non-hydrogen) atoms. The molecule has 1 heterocycles. The molecule has 3 rings (SSSR count). The van der Waals surface area contributed by atoms with Crippen LogP contribution in [0.3, 0.4) is 0 Å². The van der Waals surface area contributed by atoms with Crippen LogP contribution in [-0.4, -0.2) is 20.5 Å². The van der Waals surface area contributed by atoms with Crippen molar-refractivity contribution in [2.24, 2.45) is 0 Å². The highest BCUT2D eigenvalue weighted by Crippen LogP contribution is 2.25. The Balaban J connectivity index is 1.96. The van der Waals surface area contributed by atoms with Gasteiger partial charge in [-0.05, 0) is 59.7 Å². The largest absolute Gasteiger partial charge is 0.497 e. The van der Waals surface area contributed by atoms with Crippen molar-refractivity contribution in [1.29, 1.82) is 5.26 Å². The second-order valence-corrected chi connectivity index (χ2v) is 7.46. The molecule has 0 fully saturated rings. The molecule has 140 valence electrons. The molecular weight excluding hydrogens is 374 g/mol. The first-order chi connectivity index (χ1) is 13.5. The average Bonchev–Trinajstić information content (AvgIpc) is 2.73. The predicted octanol–water partition coefficient (Wildman–Crippen LogP) is 3.96. The summed E-state index contributed by atoms with van der Waals surface area (Å²) >= 11 is 0. The van der Waals surface area contributed by atoms with Gasteiger partial charge in [-0.3, -0.25) is 9.71 Å². The molecule has 3 aromatic rings. The fraction of sp³-hybridized carbons (Fsp3) is 0.0476. The van der Waals surface area contributed by atoms with Gasteiger partial charge in [-0.1, -0.05) is 18.2 Å². The average molecular weight is 391 g/mol. The van der Waals surface area contributed by atoms with Gasteiger partial charge >= 0.3 is 0 Å². The zero-order valence-electron chi connectivity index (χ0n) is 15.0. The first-order valence-electron chi connectivity index (χ1n) is 8.31. The van der Waals surface area contributed by atoms with Crippen molar-refractivity contribution >= 4 is 27.4 Å². The summed E-state index contributed by atoms with van der Waals surface area (Å²) in [5.41, 5.74) is 2.05. The van der Waals surface area contributed by atoms with Crippen molar-refractivity contribution < 1.29 is 13.2 Å². The van der Waals surface area contributed by atoms with E-state index in [1.165, 1.54) is 19.2 Å². The van der Waals surface area contributed by atoms with Gasteiger partial charge in [0.05, 0.1) is 29.3 Å². The molecule has 7 heteroatoms. The van der Waals surface area contributed by atoms with Crippen LogP contribution in [0, 0.1) is 11.3 Å². The molecule has 0 radical (unpaired) electrons. The van der Waals surface area contributed by atoms with E-state index in [-0.39, 0.29) is 4.90 Å². The van der Waals surface area contributed by atoms with Crippen LogP contribution in [0.25, 0.3) is 11.6 Å². The lowest BCUT2D eigenvalue weighted by Gasteiger charge is -2.11. The number of nitriles is 1. The van der Waals surface area contributed by atoms with Gasteiger partial charge in [0, 0.05) is 12.4 Å². The van der Waals surface area contributed by atoms with Gasteiger partial charge in [0.15, 0.2) is 0 Å². The number of nitrogens with one attached hydrogen (secondary N) is 1. The number of anilines is 1. The minimum absolute atomic E-state index is 0.113. The molecule has 2 aromatic carbocycles. The molecule has 6 nitrogen and oxygen atoms in total. The van der Waals surface area contributed by atoms with Crippen LogP contribution in [0.4, 0.5) is 5.69 Å². The number of nitrogens with zero attached hydrogens (tertiary/aromatic N) is 2. The van der Waals surface area contributed by atoms with E-state index in [0.717, 1.165) is 0 Å². The number of allylic oxidation sites excluding steroid dienone is 1. The van der Waals surface area contributed by atoms with E-state index in [1.807, 2.05) is 0 Å². The Morgan fingerprint density at radius 2 is 1.75 bits per heavy atom. The standard InChI is InChI=1S/C21H17N3O3S/c1-27-19-6-8-20(9-7-19)28(25,26)24-21-5-3-2-4-17(21)14-18(15-22)16-10-12-23-13-11-16/h2-14,24H,1H3. The summed E-state index contributed by atoms with van der Waals surface area (Å²) in [6.07, 6.45) is 4.83. The zero-order valence-corrected chi connectivity index (χ0v) is 15.8. The number of hydrogen-bond acceptors (Lipinski definition) is 5. The lowest BCUT2D eigenvalue weighted by atomic mass is 10.0. The topological polar surface area (TPSA) is 92.1 Å². The first kappa shape index (κ1) is 19.1. The summed E-state index contributed by atoms with van der Waals surface area (Å²) in [6, 6.07) is 18.6. The number of aromatic nitrogens is 1. The number of para-hydroxylation sites is 1. The highest BCUT2D eigenvalue weighted by molar-refractivity contribution is 7.92. The van der Waals surface area contributed by atoms with E-state index < -0.39 is 10.0 Å². The third-order valence-electron chi connectivity index (χ3n) is 3.99. The summed E-state index contributed by atoms with van der Waals surface area (Å²) in [4.78, 5) is 4.06. The maximum Gasteiger partial charge on any atom is 0.261 e. The summed E-state index contributed by atoms with van der Waals surface area (Å²) in [5, 5.41) is 9.50. The third-order valence-corrected chi connectivity index (χ3v) is 5.37. The Bertz CT molecular complexity index is 1130. The van der Waals surface area contributed by atoms with E-state index in [4.69, 9.17) is 4.74 Å². The van der Waals surface area contributed by atoms with Gasteiger partial charge in [0.1, 0.15) is 5.75 Å². The quantitative estimate of drug-likeness (QED) is 0.642. The van der Waals surface area contributed by atoms with Gasteiger partial charge in [-0.25, -0.2) is 8.42 Å². The molecule has 0 saturated carbocycles. The van der Waals surface area contributed by atoms with Crippen LogP contribution in [0.1, 0.15) is 11.1 Å². The Morgan fingerprint density at radius 1 is 1.07 bits per heavy atom. The van der Waals surface area contributed by atoms with Crippen LogP contribution in [-0.2, 0) is 10.0 Å². The molecule has 0 aliphatic carbocycles. The van der Waals surface area contributed by atoms with Crippen LogP contribution in [0.2, 0.25) is 0 Å². The smallest absolute Gasteiger partial charge is 0.261 e. The van der Waals surface area contributed by atoms with Crippen molar-refractivity contribution in [2.75, 3.05) is 11.8 Å². The van der Waals surface area contributed by atoms with Crippen LogP contribution >= 0.6 is 0 Å². The molecular formula is C21H17N3O3S. The predicted molar refractivity (Wildman–Crippen MR) is 108 cm³/mol. The molecule has 0 unspecified atom stereocenters. The van der Waals surface area contributed by atoms with Crippen LogP contribution < -0.4 is 9.46 Å². The van der Waals surface area contributed by atoms with E-state index in [2.05, 4.69) is 15.8 Å². The number of rotatable bonds is 6. The second-order valence-electron chi connectivity index (χ2n) is 5.77. The number of pyridine rings is 1. The molecule has 0 spiro atoms. The molecule has 0 saturated heterocycles. The SMILES string of the molecule is COc1ccc(S(=O)(=O)Nc2ccccc2C=C(C#N)c2ccncc2)cc1. The Morgan fingerprint density at radius 3 is 2.39 bits per heavy atom. The zero-order chi connectivity index (χ0) is 20.0. The maximum atomic E-state index is 12.7. The Labute approximate surface area is 163 Å². The van der Waals surface area contributed by atoms with E-state index in [1.54, 1.807) is 67.0 Å². The van der Waals surface area contributed by atoms with Gasteiger partial charge in [0.2, 0.25) is 0 Å². The molecule has 0 atom stereocenters. The van der Waals surface area contributed by atoms with Gasteiger partial charge in [-0.2, -0.15) is 5.26 Å². The third kappa shape index (κ3) is 4.37. The van der Waals surface area contributed by atoms with Crippen molar-refractivity contribution in [3.05, 3.63) is 84.2 Å². The van der Waals surface area contributed by atoms with Gasteiger partial charge in [-0.15, -0.1) is 0 Å². The van der Waals surface area contributed by atoms with Crippen molar-refractivity contribution in [3.8, 4) is 11.8 Å². The maximum absolute atomic E-state index is 12.7. The van der Waals surface area contributed by atoms with Crippen LogP contribution in [0.15, 0.2) is 78.0 Å². The summed E-state index contributed by atoms with van der Waals surface area (Å²) < 4.78 is 33.1. The van der Waals surface area contributed by atoms with Crippen molar-refractivity contribution in [1.82, 2.24) is 4.98 Å². The highest BCUT2D eigenvalue weighted by Gasteiger charge is 2.16. The first-order valence-corrected chi connectivity index (χ1v) is 9.80. The Hall–Kier alpha value is -3.63. The van der Waals surface area contributed by atoms with Gasteiger partial charge < -0.3 is 4.74 Å². The number of hydrogen-bond donors (Lipinski definition) is 1. The van der Waals surface area contributed by atoms with E-state index in [9.17, 15) is 13.7 Å². The minimum Gasteiger partial charge on any atom is -0.497 e. The summed E-state index contributed by atoms with van der Waals surface area (Å²) in [7, 11) is -2.28. The second kappa shape index (κ2) is 8.37. The van der Waals surface area contributed by atoms with Crippen molar-refractivity contribution in [2.45, 2.75) is 4.90 Å². The molecule has 0 aliphatic rings. The number of sulfonamides is 1. The molecule has 1 aromatic heterocycles. The highest BCUT2D eigenvalue weighted by atomic mass is 32.2. The minimum atomic E-state index is -3.80. The van der Waals surface area contributed by atoms with E-state index in [0.29, 0.717) is 28.1 Å². The number of benzene rings is 2.